The zero-order valence-electron chi connectivity index (χ0n) is 14.8. The van der Waals surface area contributed by atoms with Gasteiger partial charge in [0.2, 0.25) is 0 Å². The van der Waals surface area contributed by atoms with E-state index in [1.807, 2.05) is 12.1 Å². The van der Waals surface area contributed by atoms with E-state index in [0.717, 1.165) is 26.1 Å². The van der Waals surface area contributed by atoms with Gasteiger partial charge >= 0.3 is 0 Å². The fourth-order valence-corrected chi connectivity index (χ4v) is 4.00. The second kappa shape index (κ2) is 7.17. The third kappa shape index (κ3) is 3.37. The van der Waals surface area contributed by atoms with Crippen molar-refractivity contribution in [2.45, 2.75) is 31.5 Å². The van der Waals surface area contributed by atoms with Crippen LogP contribution < -0.4 is 5.32 Å². The lowest BCUT2D eigenvalue weighted by molar-refractivity contribution is -0.0390. The first-order chi connectivity index (χ1) is 12.6. The molecule has 0 unspecified atom stereocenters. The fourth-order valence-electron chi connectivity index (χ4n) is 4.00. The number of amides is 1. The Kier molecular flexibility index (Phi) is 4.74. The lowest BCUT2D eigenvalue weighted by Gasteiger charge is -2.33. The quantitative estimate of drug-likeness (QED) is 0.921. The molecule has 2 aliphatic heterocycles. The minimum Gasteiger partial charge on any atom is -0.376 e. The molecule has 26 heavy (non-hydrogen) atoms. The molecule has 0 spiro atoms. The normalized spacial score (nSPS) is 25.7. The van der Waals surface area contributed by atoms with Gasteiger partial charge in [0, 0.05) is 36.3 Å². The minimum absolute atomic E-state index is 0.0927. The summed E-state index contributed by atoms with van der Waals surface area (Å²) in [4.78, 5) is 15.3. The lowest BCUT2D eigenvalue weighted by Crippen LogP contribution is -2.45. The Bertz CT molecular complexity index is 810. The summed E-state index contributed by atoms with van der Waals surface area (Å²) in [6, 6.07) is 14.2. The summed E-state index contributed by atoms with van der Waals surface area (Å²) < 4.78 is 19.9. The zero-order chi connectivity index (χ0) is 18.1. The molecule has 4 rings (SSSR count). The smallest absolute Gasteiger partial charge is 0.252 e. The number of hydrogen-bond acceptors (Lipinski definition) is 3. The van der Waals surface area contributed by atoms with E-state index < -0.39 is 0 Å². The van der Waals surface area contributed by atoms with Crippen LogP contribution in [0, 0.1) is 5.82 Å². The third-order valence-electron chi connectivity index (χ3n) is 5.26. The predicted octanol–water partition coefficient (Wildman–Crippen LogP) is 3.08. The van der Waals surface area contributed by atoms with E-state index in [0.29, 0.717) is 22.7 Å². The SMILES string of the molecule is C[C@H]1CN2C[C@H](NC(=O)c3ccccc3-c3ccccc3F)C[C@H]2CO1. The molecular formula is C21H23FN2O2. The Morgan fingerprint density at radius 2 is 1.85 bits per heavy atom. The van der Waals surface area contributed by atoms with Crippen molar-refractivity contribution in [2.75, 3.05) is 19.7 Å². The molecule has 0 bridgehead atoms. The van der Waals surface area contributed by atoms with E-state index in [2.05, 4.69) is 17.1 Å². The lowest BCUT2D eigenvalue weighted by atomic mass is 9.98. The number of nitrogens with zero attached hydrogens (tertiary/aromatic N) is 1. The minimum atomic E-state index is -0.322. The summed E-state index contributed by atoms with van der Waals surface area (Å²) in [5.74, 6) is -0.473. The molecule has 0 aromatic heterocycles. The molecule has 2 aliphatic rings. The number of hydrogen-bond donors (Lipinski definition) is 1. The summed E-state index contributed by atoms with van der Waals surface area (Å²) >= 11 is 0. The second-order valence-electron chi connectivity index (χ2n) is 7.18. The molecule has 3 atom stereocenters. The van der Waals surface area contributed by atoms with Gasteiger partial charge < -0.3 is 10.1 Å². The van der Waals surface area contributed by atoms with Crippen LogP contribution in [0.4, 0.5) is 4.39 Å². The highest BCUT2D eigenvalue weighted by atomic mass is 19.1. The van der Waals surface area contributed by atoms with Crippen LogP contribution in [0.15, 0.2) is 48.5 Å². The van der Waals surface area contributed by atoms with Crippen LogP contribution in [-0.2, 0) is 4.74 Å². The molecule has 2 aromatic carbocycles. The van der Waals surface area contributed by atoms with Gasteiger partial charge in [0.05, 0.1) is 12.7 Å². The van der Waals surface area contributed by atoms with E-state index in [9.17, 15) is 9.18 Å². The molecule has 2 fully saturated rings. The van der Waals surface area contributed by atoms with Crippen molar-refractivity contribution in [2.24, 2.45) is 0 Å². The van der Waals surface area contributed by atoms with Crippen molar-refractivity contribution in [3.05, 3.63) is 59.9 Å². The van der Waals surface area contributed by atoms with Crippen LogP contribution in [0.1, 0.15) is 23.7 Å². The van der Waals surface area contributed by atoms with Crippen molar-refractivity contribution in [1.29, 1.82) is 0 Å². The van der Waals surface area contributed by atoms with Gasteiger partial charge in [0.1, 0.15) is 5.82 Å². The van der Waals surface area contributed by atoms with Crippen molar-refractivity contribution >= 4 is 5.91 Å². The standard InChI is InChI=1S/C21H23FN2O2/c1-14-11-24-12-15(10-16(24)13-26-14)23-21(25)19-8-3-2-6-17(19)18-7-4-5-9-20(18)22/h2-9,14-16H,10-13H2,1H3,(H,23,25)/t14-,15+,16-/m0/s1. The number of halogens is 1. The molecular weight excluding hydrogens is 331 g/mol. The fraction of sp³-hybridized carbons (Fsp3) is 0.381. The summed E-state index contributed by atoms with van der Waals surface area (Å²) in [5.41, 5.74) is 1.58. The molecule has 4 nitrogen and oxygen atoms in total. The maximum absolute atomic E-state index is 14.2. The van der Waals surface area contributed by atoms with E-state index in [-0.39, 0.29) is 23.9 Å². The number of carbonyl (C=O) groups excluding carboxylic acids is 1. The number of rotatable bonds is 3. The molecule has 1 amide bonds. The van der Waals surface area contributed by atoms with Gasteiger partial charge in [-0.25, -0.2) is 4.39 Å². The average molecular weight is 354 g/mol. The zero-order valence-corrected chi connectivity index (χ0v) is 14.8. The molecule has 0 aliphatic carbocycles. The van der Waals surface area contributed by atoms with Crippen molar-refractivity contribution in [1.82, 2.24) is 10.2 Å². The van der Waals surface area contributed by atoms with Gasteiger partial charge in [-0.15, -0.1) is 0 Å². The first-order valence-corrected chi connectivity index (χ1v) is 9.12. The molecule has 2 saturated heterocycles. The number of carbonyl (C=O) groups is 1. The Labute approximate surface area is 153 Å². The van der Waals surface area contributed by atoms with Gasteiger partial charge in [-0.1, -0.05) is 36.4 Å². The largest absolute Gasteiger partial charge is 0.376 e. The van der Waals surface area contributed by atoms with Gasteiger partial charge in [0.15, 0.2) is 0 Å². The van der Waals surface area contributed by atoms with Crippen LogP contribution in [0.2, 0.25) is 0 Å². The molecule has 2 heterocycles. The molecule has 1 N–H and O–H groups in total. The first-order valence-electron chi connectivity index (χ1n) is 9.12. The van der Waals surface area contributed by atoms with Crippen LogP contribution in [0.3, 0.4) is 0 Å². The van der Waals surface area contributed by atoms with Crippen LogP contribution in [0.25, 0.3) is 11.1 Å². The van der Waals surface area contributed by atoms with Crippen molar-refractivity contribution in [3.63, 3.8) is 0 Å². The highest BCUT2D eigenvalue weighted by Crippen LogP contribution is 2.27. The highest BCUT2D eigenvalue weighted by molar-refractivity contribution is 6.01. The molecule has 2 aromatic rings. The molecule has 136 valence electrons. The summed E-state index contributed by atoms with van der Waals surface area (Å²) in [7, 11) is 0. The topological polar surface area (TPSA) is 41.6 Å². The van der Waals surface area contributed by atoms with E-state index >= 15 is 0 Å². The van der Waals surface area contributed by atoms with Gasteiger partial charge in [-0.3, -0.25) is 9.69 Å². The maximum Gasteiger partial charge on any atom is 0.252 e. The number of morpholine rings is 1. The Balaban J connectivity index is 1.52. The Morgan fingerprint density at radius 3 is 2.65 bits per heavy atom. The average Bonchev–Trinajstić information content (AvgIpc) is 3.03. The maximum atomic E-state index is 14.2. The highest BCUT2D eigenvalue weighted by Gasteiger charge is 2.37. The van der Waals surface area contributed by atoms with Crippen molar-refractivity contribution < 1.29 is 13.9 Å². The predicted molar refractivity (Wildman–Crippen MR) is 98.5 cm³/mol. The van der Waals surface area contributed by atoms with E-state index in [1.165, 1.54) is 6.07 Å². The Hall–Kier alpha value is -2.24. The summed E-state index contributed by atoms with van der Waals surface area (Å²) in [6.45, 7) is 4.54. The molecule has 5 heteroatoms. The first kappa shape index (κ1) is 17.2. The molecule has 0 saturated carbocycles. The van der Waals surface area contributed by atoms with Gasteiger partial charge in [0.25, 0.3) is 5.91 Å². The van der Waals surface area contributed by atoms with E-state index in [4.69, 9.17) is 4.74 Å². The summed E-state index contributed by atoms with van der Waals surface area (Å²) in [5, 5.41) is 3.14. The number of nitrogens with one attached hydrogen (secondary N) is 1. The number of fused-ring (bicyclic) bond motifs is 1. The second-order valence-corrected chi connectivity index (χ2v) is 7.18. The van der Waals surface area contributed by atoms with E-state index in [1.54, 1.807) is 30.3 Å². The van der Waals surface area contributed by atoms with Crippen LogP contribution >= 0.6 is 0 Å². The molecule has 0 radical (unpaired) electrons. The third-order valence-corrected chi connectivity index (χ3v) is 5.26. The van der Waals surface area contributed by atoms with Crippen LogP contribution in [0.5, 0.6) is 0 Å². The number of ether oxygens (including phenoxy) is 1. The van der Waals surface area contributed by atoms with Gasteiger partial charge in [-0.05, 0) is 31.0 Å². The Morgan fingerprint density at radius 1 is 1.12 bits per heavy atom. The van der Waals surface area contributed by atoms with Crippen molar-refractivity contribution in [3.8, 4) is 11.1 Å². The summed E-state index contributed by atoms with van der Waals surface area (Å²) in [6.07, 6.45) is 1.13. The monoisotopic (exact) mass is 354 g/mol. The van der Waals surface area contributed by atoms with Crippen LogP contribution in [-0.4, -0.2) is 48.7 Å². The number of benzene rings is 2. The van der Waals surface area contributed by atoms with Gasteiger partial charge in [-0.2, -0.15) is 0 Å².